The maximum absolute atomic E-state index is 2.80. The normalized spacial score (nSPS) is 25.8. The third kappa shape index (κ3) is 5.25. The molecule has 5 atom stereocenters. The summed E-state index contributed by atoms with van der Waals surface area (Å²) in [5.41, 5.74) is 17.6. The van der Waals surface area contributed by atoms with Gasteiger partial charge in [0, 0.05) is 57.2 Å². The monoisotopic (exact) mass is 873 g/mol. The molecule has 1 aromatic heterocycles. The van der Waals surface area contributed by atoms with Crippen molar-refractivity contribution in [1.82, 2.24) is 9.47 Å². The molecule has 15 rings (SSSR count). The lowest BCUT2D eigenvalue weighted by atomic mass is 9.79. The summed E-state index contributed by atoms with van der Waals surface area (Å²) in [6, 6.07) is 41.4. The zero-order chi connectivity index (χ0) is 44.7. The van der Waals surface area contributed by atoms with Crippen LogP contribution in [0.3, 0.4) is 0 Å². The van der Waals surface area contributed by atoms with Crippen molar-refractivity contribution in [3.8, 4) is 0 Å². The number of hydrogen-bond donors (Lipinski definition) is 0. The molecule has 68 heavy (non-hydrogen) atoms. The summed E-state index contributed by atoms with van der Waals surface area (Å²) in [6.07, 6.45) is 45.5. The molecule has 0 spiro atoms. The van der Waals surface area contributed by atoms with E-state index in [1.807, 2.05) is 0 Å². The highest BCUT2D eigenvalue weighted by Gasteiger charge is 2.77. The number of aromatic nitrogens is 1. The van der Waals surface area contributed by atoms with Crippen LogP contribution in [0.1, 0.15) is 60.4 Å². The van der Waals surface area contributed by atoms with Gasteiger partial charge in [-0.25, -0.2) is 0 Å². The highest BCUT2D eigenvalue weighted by atomic mass is 15.3. The van der Waals surface area contributed by atoms with E-state index in [4.69, 9.17) is 0 Å². The molecule has 8 aliphatic rings. The molecule has 7 aromatic rings. The molecule has 1 aliphatic heterocycles. The standard InChI is InChI=1S/C65H51N3/c1-42-14-11-19-47(32-28-42)66(48-20-12-21-49(34-33-48)68-63-52-24-9-6-17-45(52)30-36-57(63)65-41-64(65,68)39-38-46-18-7-10-25-56(46)65)58-26-13-27-59(55-40-54(55)58)67-60-37-31-43-16-5-8-22-50(43)61(60)53-35-29-44-15-3-2-4-23-51(44)62(53)67/h2-12,14-18,20-22,24-39,49,54-55H,13,19,23,40-41H2,1H3. The molecule has 6 aromatic carbocycles. The summed E-state index contributed by atoms with van der Waals surface area (Å²) in [7, 11) is 0. The SMILES string of the molecule is CC1=CC=C(N(C2=CC=CC(N3c4c(ccc5ccccc45)C45CC34C=Cc3ccccc35)C=C2)C2=CCC=C(n3c4ccc5ccccc5c4c4ccc5c(c43)CC=CC=C5)C3CC23)CC=C1. The van der Waals surface area contributed by atoms with Gasteiger partial charge in [-0.1, -0.05) is 194 Å². The first-order chi connectivity index (χ1) is 33.6. The smallest absolute Gasteiger partial charge is 0.0749 e. The molecule has 5 unspecified atom stereocenters. The topological polar surface area (TPSA) is 11.4 Å². The van der Waals surface area contributed by atoms with Gasteiger partial charge in [0.15, 0.2) is 0 Å². The average Bonchev–Trinajstić information content (AvgIpc) is 4.29. The summed E-state index contributed by atoms with van der Waals surface area (Å²) in [6.45, 7) is 2.21. The molecule has 2 fully saturated rings. The van der Waals surface area contributed by atoms with E-state index in [-0.39, 0.29) is 17.0 Å². The van der Waals surface area contributed by atoms with Crippen molar-refractivity contribution >= 4 is 66.9 Å². The average molecular weight is 874 g/mol. The van der Waals surface area contributed by atoms with Gasteiger partial charge in [0.2, 0.25) is 0 Å². The van der Waals surface area contributed by atoms with E-state index in [1.54, 1.807) is 0 Å². The zero-order valence-corrected chi connectivity index (χ0v) is 38.3. The van der Waals surface area contributed by atoms with E-state index >= 15 is 0 Å². The molecule has 7 aliphatic carbocycles. The van der Waals surface area contributed by atoms with Gasteiger partial charge in [-0.05, 0) is 101 Å². The van der Waals surface area contributed by atoms with Gasteiger partial charge in [-0.3, -0.25) is 0 Å². The Morgan fingerprint density at radius 1 is 0.632 bits per heavy atom. The number of fused-ring (bicyclic) bond motifs is 12. The minimum Gasteiger partial charge on any atom is -0.350 e. The van der Waals surface area contributed by atoms with E-state index in [1.165, 1.54) is 105 Å². The molecule has 326 valence electrons. The van der Waals surface area contributed by atoms with Crippen LogP contribution in [0, 0.1) is 11.8 Å². The fourth-order valence-electron chi connectivity index (χ4n) is 13.7. The first kappa shape index (κ1) is 38.5. The summed E-state index contributed by atoms with van der Waals surface area (Å²) in [5.74, 6) is 0.795. The maximum Gasteiger partial charge on any atom is 0.0749 e. The van der Waals surface area contributed by atoms with Crippen LogP contribution in [-0.2, 0) is 11.8 Å². The van der Waals surface area contributed by atoms with Crippen molar-refractivity contribution in [2.45, 2.75) is 56.0 Å². The third-order valence-electron chi connectivity index (χ3n) is 16.8. The van der Waals surface area contributed by atoms with Crippen molar-refractivity contribution < 1.29 is 0 Å². The summed E-state index contributed by atoms with van der Waals surface area (Å²) >= 11 is 0. The molecule has 0 bridgehead atoms. The van der Waals surface area contributed by atoms with Gasteiger partial charge in [-0.2, -0.15) is 0 Å². The minimum atomic E-state index is -0.120. The van der Waals surface area contributed by atoms with Crippen LogP contribution >= 0.6 is 0 Å². The highest BCUT2D eigenvalue weighted by Crippen LogP contribution is 2.75. The Morgan fingerprint density at radius 2 is 1.49 bits per heavy atom. The van der Waals surface area contributed by atoms with E-state index in [2.05, 4.69) is 234 Å². The molecule has 3 heteroatoms. The third-order valence-corrected chi connectivity index (χ3v) is 16.8. The van der Waals surface area contributed by atoms with Gasteiger partial charge in [0.05, 0.1) is 33.7 Å². The fourth-order valence-corrected chi connectivity index (χ4v) is 13.7. The van der Waals surface area contributed by atoms with E-state index < -0.39 is 0 Å². The van der Waals surface area contributed by atoms with E-state index in [0.29, 0.717) is 11.8 Å². The molecule has 0 radical (unpaired) electrons. The van der Waals surface area contributed by atoms with Gasteiger partial charge in [-0.15, -0.1) is 0 Å². The van der Waals surface area contributed by atoms with E-state index in [9.17, 15) is 0 Å². The lowest BCUT2D eigenvalue weighted by Gasteiger charge is -2.36. The van der Waals surface area contributed by atoms with Crippen LogP contribution in [-0.4, -0.2) is 21.0 Å². The predicted molar refractivity (Wildman–Crippen MR) is 285 cm³/mol. The number of rotatable bonds is 5. The van der Waals surface area contributed by atoms with Crippen LogP contribution in [0.4, 0.5) is 5.69 Å². The Labute approximate surface area is 398 Å². The Kier molecular flexibility index (Phi) is 8.04. The first-order valence-corrected chi connectivity index (χ1v) is 24.8. The maximum atomic E-state index is 2.80. The molecule has 3 nitrogen and oxygen atoms in total. The number of nitrogens with zero attached hydrogens (tertiary/aromatic N) is 3. The Balaban J connectivity index is 0.832. The van der Waals surface area contributed by atoms with Crippen molar-refractivity contribution in [3.63, 3.8) is 0 Å². The molecule has 2 heterocycles. The lowest BCUT2D eigenvalue weighted by molar-refractivity contribution is 0.491. The second-order valence-electron chi connectivity index (χ2n) is 20.3. The number of benzene rings is 6. The number of hydrogen-bond acceptors (Lipinski definition) is 2. The lowest BCUT2D eigenvalue weighted by Crippen LogP contribution is -2.44. The quantitative estimate of drug-likeness (QED) is 0.171. The molecular formula is C65H51N3. The molecule has 0 saturated heterocycles. The zero-order valence-electron chi connectivity index (χ0n) is 38.3. The van der Waals surface area contributed by atoms with Crippen LogP contribution < -0.4 is 4.90 Å². The minimum absolute atomic E-state index is 0.0537. The summed E-state index contributed by atoms with van der Waals surface area (Å²) in [5, 5.41) is 7.99. The summed E-state index contributed by atoms with van der Waals surface area (Å²) in [4.78, 5) is 5.44. The van der Waals surface area contributed by atoms with Crippen LogP contribution in [0.2, 0.25) is 0 Å². The predicted octanol–water partition coefficient (Wildman–Crippen LogP) is 15.4. The molecule has 0 amide bonds. The first-order valence-electron chi connectivity index (χ1n) is 24.8. The van der Waals surface area contributed by atoms with Crippen molar-refractivity contribution in [1.29, 1.82) is 0 Å². The number of allylic oxidation sites excluding steroid dienone is 15. The molecule has 2 saturated carbocycles. The van der Waals surface area contributed by atoms with Gasteiger partial charge in [0.1, 0.15) is 0 Å². The largest absolute Gasteiger partial charge is 0.350 e. The number of anilines is 1. The van der Waals surface area contributed by atoms with E-state index in [0.717, 1.165) is 32.1 Å². The van der Waals surface area contributed by atoms with Crippen LogP contribution in [0.5, 0.6) is 0 Å². The fraction of sp³-hybridized carbons (Fsp3) is 0.169. The van der Waals surface area contributed by atoms with Gasteiger partial charge >= 0.3 is 0 Å². The van der Waals surface area contributed by atoms with Crippen molar-refractivity contribution in [3.05, 3.63) is 251 Å². The van der Waals surface area contributed by atoms with Crippen molar-refractivity contribution in [2.75, 3.05) is 4.90 Å². The molecular weight excluding hydrogens is 823 g/mol. The Hall–Kier alpha value is -7.62. The van der Waals surface area contributed by atoms with Crippen molar-refractivity contribution in [2.24, 2.45) is 11.8 Å². The molecule has 0 N–H and O–H groups in total. The van der Waals surface area contributed by atoms with Crippen LogP contribution in [0.15, 0.2) is 223 Å². The van der Waals surface area contributed by atoms with Gasteiger partial charge in [0.25, 0.3) is 0 Å². The van der Waals surface area contributed by atoms with Crippen LogP contribution in [0.25, 0.3) is 61.2 Å². The summed E-state index contributed by atoms with van der Waals surface area (Å²) < 4.78 is 2.69. The highest BCUT2D eigenvalue weighted by molar-refractivity contribution is 6.22. The Morgan fingerprint density at radius 3 is 2.43 bits per heavy atom. The van der Waals surface area contributed by atoms with Gasteiger partial charge < -0.3 is 14.4 Å². The Bertz CT molecular complexity index is 3770. The second-order valence-corrected chi connectivity index (χ2v) is 20.3. The second kappa shape index (κ2) is 14.2.